The highest BCUT2D eigenvalue weighted by Gasteiger charge is 2.14. The predicted molar refractivity (Wildman–Crippen MR) is 101 cm³/mol. The van der Waals surface area contributed by atoms with Crippen molar-refractivity contribution in [2.75, 3.05) is 30.4 Å². The van der Waals surface area contributed by atoms with Gasteiger partial charge in [-0.05, 0) is 63.4 Å². The number of carbonyl (C=O) groups is 1. The summed E-state index contributed by atoms with van der Waals surface area (Å²) < 4.78 is 25.9. The lowest BCUT2D eigenvalue weighted by atomic mass is 10.2. The van der Waals surface area contributed by atoms with Gasteiger partial charge in [0.1, 0.15) is 0 Å². The third-order valence-electron chi connectivity index (χ3n) is 3.93. The lowest BCUT2D eigenvalue weighted by molar-refractivity contribution is 0.102. The van der Waals surface area contributed by atoms with Crippen molar-refractivity contribution in [3.05, 3.63) is 54.1 Å². The van der Waals surface area contributed by atoms with Crippen molar-refractivity contribution in [2.24, 2.45) is 0 Å². The first-order valence-electron chi connectivity index (χ1n) is 8.11. The molecule has 0 aromatic heterocycles. The lowest BCUT2D eigenvalue weighted by Crippen LogP contribution is -2.21. The molecule has 7 heteroatoms. The zero-order chi connectivity index (χ0) is 18.4. The number of anilines is 2. The molecule has 0 aliphatic carbocycles. The summed E-state index contributed by atoms with van der Waals surface area (Å²) in [5.74, 6) is -0.358. The van der Waals surface area contributed by atoms with Gasteiger partial charge in [0, 0.05) is 30.0 Å². The van der Waals surface area contributed by atoms with Gasteiger partial charge < -0.3 is 10.2 Å². The Morgan fingerprint density at radius 1 is 1.04 bits per heavy atom. The normalized spacial score (nSPS) is 11.2. The minimum atomic E-state index is -3.58. The number of sulfonamides is 1. The Morgan fingerprint density at radius 3 is 2.24 bits per heavy atom. The van der Waals surface area contributed by atoms with Crippen molar-refractivity contribution in [1.29, 1.82) is 0 Å². The molecule has 2 aromatic carbocycles. The second kappa shape index (κ2) is 8.13. The van der Waals surface area contributed by atoms with Crippen LogP contribution in [0.2, 0.25) is 0 Å². The Labute approximate surface area is 148 Å². The van der Waals surface area contributed by atoms with Crippen LogP contribution in [-0.2, 0) is 10.0 Å². The molecule has 0 saturated heterocycles. The summed E-state index contributed by atoms with van der Waals surface area (Å²) in [6.07, 6.45) is 0. The van der Waals surface area contributed by atoms with Crippen molar-refractivity contribution in [2.45, 2.75) is 18.7 Å². The van der Waals surface area contributed by atoms with E-state index >= 15 is 0 Å². The molecule has 134 valence electrons. The first-order valence-corrected chi connectivity index (χ1v) is 9.59. The highest BCUT2D eigenvalue weighted by atomic mass is 32.2. The molecule has 25 heavy (non-hydrogen) atoms. The topological polar surface area (TPSA) is 78.5 Å². The van der Waals surface area contributed by atoms with Crippen LogP contribution in [0.15, 0.2) is 53.4 Å². The first-order chi connectivity index (χ1) is 11.9. The fourth-order valence-electron chi connectivity index (χ4n) is 2.47. The summed E-state index contributed by atoms with van der Waals surface area (Å²) in [6, 6.07) is 13.5. The van der Waals surface area contributed by atoms with Gasteiger partial charge in [-0.1, -0.05) is 6.07 Å². The second-order valence-corrected chi connectivity index (χ2v) is 7.30. The number of hydrogen-bond acceptors (Lipinski definition) is 4. The van der Waals surface area contributed by atoms with Gasteiger partial charge in [0.15, 0.2) is 0 Å². The molecule has 0 fully saturated rings. The van der Waals surface area contributed by atoms with Crippen LogP contribution < -0.4 is 14.9 Å². The number of carbonyl (C=O) groups excluding carboxylic acids is 1. The van der Waals surface area contributed by atoms with Crippen molar-refractivity contribution in [3.8, 4) is 0 Å². The molecule has 0 unspecified atom stereocenters. The Hall–Kier alpha value is -2.38. The fourth-order valence-corrected chi connectivity index (χ4v) is 3.25. The Bertz CT molecular complexity index is 829. The van der Waals surface area contributed by atoms with E-state index in [1.165, 1.54) is 19.2 Å². The zero-order valence-electron chi connectivity index (χ0n) is 14.6. The zero-order valence-corrected chi connectivity index (χ0v) is 15.4. The van der Waals surface area contributed by atoms with Crippen LogP contribution >= 0.6 is 0 Å². The summed E-state index contributed by atoms with van der Waals surface area (Å²) in [4.78, 5) is 14.6. The number of amides is 1. The standard InChI is InChI=1S/C18H23N3O3S/c1-4-21(5-2)16-11-9-15(10-12-16)20-18(22)14-7-6-8-17(13-14)25(23,24)19-3/h6-13,19H,4-5H2,1-3H3,(H,20,22). The Morgan fingerprint density at radius 2 is 1.68 bits per heavy atom. The molecule has 2 rings (SSSR count). The number of nitrogens with zero attached hydrogens (tertiary/aromatic N) is 1. The highest BCUT2D eigenvalue weighted by Crippen LogP contribution is 2.19. The summed E-state index contributed by atoms with van der Waals surface area (Å²) in [5, 5.41) is 2.78. The molecule has 0 bridgehead atoms. The van der Waals surface area contributed by atoms with Crippen LogP contribution in [0, 0.1) is 0 Å². The maximum Gasteiger partial charge on any atom is 0.255 e. The Balaban J connectivity index is 2.16. The monoisotopic (exact) mass is 361 g/mol. The average Bonchev–Trinajstić information content (AvgIpc) is 2.64. The van der Waals surface area contributed by atoms with Gasteiger partial charge in [-0.3, -0.25) is 4.79 Å². The highest BCUT2D eigenvalue weighted by molar-refractivity contribution is 7.89. The third kappa shape index (κ3) is 4.58. The van der Waals surface area contributed by atoms with Crippen molar-refractivity contribution in [1.82, 2.24) is 4.72 Å². The maximum atomic E-state index is 12.4. The maximum absolute atomic E-state index is 12.4. The van der Waals surface area contributed by atoms with Gasteiger partial charge in [-0.25, -0.2) is 13.1 Å². The van der Waals surface area contributed by atoms with E-state index in [9.17, 15) is 13.2 Å². The van der Waals surface area contributed by atoms with Crippen LogP contribution in [-0.4, -0.2) is 34.5 Å². The van der Waals surface area contributed by atoms with Crippen molar-refractivity contribution < 1.29 is 13.2 Å². The largest absolute Gasteiger partial charge is 0.372 e. The van der Waals surface area contributed by atoms with Crippen molar-refractivity contribution in [3.63, 3.8) is 0 Å². The number of hydrogen-bond donors (Lipinski definition) is 2. The molecule has 0 saturated carbocycles. The van der Waals surface area contributed by atoms with Crippen LogP contribution in [0.25, 0.3) is 0 Å². The van der Waals surface area contributed by atoms with E-state index in [4.69, 9.17) is 0 Å². The molecule has 0 radical (unpaired) electrons. The summed E-state index contributed by atoms with van der Waals surface area (Å²) in [6.45, 7) is 6.00. The van der Waals surface area contributed by atoms with Gasteiger partial charge in [0.2, 0.25) is 10.0 Å². The molecule has 0 spiro atoms. The minimum absolute atomic E-state index is 0.0551. The molecule has 1 amide bonds. The predicted octanol–water partition coefficient (Wildman–Crippen LogP) is 2.69. The fraction of sp³-hybridized carbons (Fsp3) is 0.278. The van der Waals surface area contributed by atoms with Crippen LogP contribution in [0.5, 0.6) is 0 Å². The van der Waals surface area contributed by atoms with Gasteiger partial charge in [-0.15, -0.1) is 0 Å². The quantitative estimate of drug-likeness (QED) is 0.795. The molecule has 2 aromatic rings. The lowest BCUT2D eigenvalue weighted by Gasteiger charge is -2.21. The van der Waals surface area contributed by atoms with Crippen LogP contribution in [0.1, 0.15) is 24.2 Å². The molecule has 0 aliphatic rings. The van der Waals surface area contributed by atoms with E-state index < -0.39 is 10.0 Å². The molecular formula is C18H23N3O3S. The molecule has 2 N–H and O–H groups in total. The number of nitrogens with one attached hydrogen (secondary N) is 2. The first kappa shape index (κ1) is 19.0. The molecule has 0 aliphatic heterocycles. The van der Waals surface area contributed by atoms with Crippen LogP contribution in [0.4, 0.5) is 11.4 Å². The van der Waals surface area contributed by atoms with Gasteiger partial charge in [0.05, 0.1) is 4.90 Å². The smallest absolute Gasteiger partial charge is 0.255 e. The minimum Gasteiger partial charge on any atom is -0.372 e. The average molecular weight is 361 g/mol. The third-order valence-corrected chi connectivity index (χ3v) is 5.34. The summed E-state index contributed by atoms with van der Waals surface area (Å²) >= 11 is 0. The molecule has 0 heterocycles. The summed E-state index contributed by atoms with van der Waals surface area (Å²) in [5.41, 5.74) is 2.03. The summed E-state index contributed by atoms with van der Waals surface area (Å²) in [7, 11) is -2.25. The van der Waals surface area contributed by atoms with Gasteiger partial charge in [-0.2, -0.15) is 0 Å². The van der Waals surface area contributed by atoms with Gasteiger partial charge in [0.25, 0.3) is 5.91 Å². The van der Waals surface area contributed by atoms with E-state index in [0.717, 1.165) is 18.8 Å². The van der Waals surface area contributed by atoms with Gasteiger partial charge >= 0.3 is 0 Å². The number of benzene rings is 2. The molecular weight excluding hydrogens is 338 g/mol. The number of rotatable bonds is 7. The van der Waals surface area contributed by atoms with E-state index in [0.29, 0.717) is 5.69 Å². The SMILES string of the molecule is CCN(CC)c1ccc(NC(=O)c2cccc(S(=O)(=O)NC)c2)cc1. The van der Waals surface area contributed by atoms with Crippen molar-refractivity contribution >= 4 is 27.3 Å². The molecule has 6 nitrogen and oxygen atoms in total. The second-order valence-electron chi connectivity index (χ2n) is 5.41. The van der Waals surface area contributed by atoms with E-state index in [1.54, 1.807) is 12.1 Å². The van der Waals surface area contributed by atoms with Crippen LogP contribution in [0.3, 0.4) is 0 Å². The Kier molecular flexibility index (Phi) is 6.17. The van der Waals surface area contributed by atoms with E-state index in [-0.39, 0.29) is 16.4 Å². The van der Waals surface area contributed by atoms with E-state index in [1.807, 2.05) is 24.3 Å². The van der Waals surface area contributed by atoms with E-state index in [2.05, 4.69) is 28.8 Å². The molecule has 0 atom stereocenters.